The molecule has 9 nitrogen and oxygen atoms in total. The van der Waals surface area contributed by atoms with Crippen molar-refractivity contribution in [3.8, 4) is 0 Å². The maximum Gasteiger partial charge on any atom is 0.326 e. The van der Waals surface area contributed by atoms with Crippen LogP contribution >= 0.6 is 0 Å². The van der Waals surface area contributed by atoms with Crippen molar-refractivity contribution in [1.29, 1.82) is 0 Å². The molecule has 0 saturated heterocycles. The van der Waals surface area contributed by atoms with Gasteiger partial charge in [0.05, 0.1) is 13.0 Å². The predicted molar refractivity (Wildman–Crippen MR) is 63.5 cm³/mol. The molecule has 0 aliphatic rings. The lowest BCUT2D eigenvalue weighted by Crippen LogP contribution is -2.49. The van der Waals surface area contributed by atoms with Gasteiger partial charge >= 0.3 is 18.0 Å². The smallest absolute Gasteiger partial charge is 0.326 e. The highest BCUT2D eigenvalue weighted by molar-refractivity contribution is 5.88. The summed E-state index contributed by atoms with van der Waals surface area (Å²) in [6, 6.07) is -2.56. The number of hydrogen-bond donors (Lipinski definition) is 5. The van der Waals surface area contributed by atoms with Crippen LogP contribution in [0.4, 0.5) is 4.79 Å². The molecule has 0 bridgehead atoms. The summed E-state index contributed by atoms with van der Waals surface area (Å²) in [7, 11) is 0. The molecule has 5 N–H and O–H groups in total. The topological polar surface area (TPSA) is 145 Å². The molecule has 0 saturated carbocycles. The first-order valence-corrected chi connectivity index (χ1v) is 5.50. The highest BCUT2D eigenvalue weighted by atomic mass is 16.4. The maximum atomic E-state index is 11.3. The van der Waals surface area contributed by atoms with Gasteiger partial charge in [0.25, 0.3) is 0 Å². The first-order valence-electron chi connectivity index (χ1n) is 5.50. The van der Waals surface area contributed by atoms with Crippen LogP contribution in [0.2, 0.25) is 0 Å². The van der Waals surface area contributed by atoms with E-state index in [9.17, 15) is 19.2 Å². The van der Waals surface area contributed by atoms with Crippen LogP contribution in [-0.4, -0.2) is 52.7 Å². The molecule has 3 amide bonds. The molecule has 0 fully saturated rings. The average molecular weight is 275 g/mol. The molecule has 0 spiro atoms. The van der Waals surface area contributed by atoms with Gasteiger partial charge in [-0.25, -0.2) is 9.59 Å². The first-order chi connectivity index (χ1) is 8.72. The molecule has 19 heavy (non-hydrogen) atoms. The zero-order chi connectivity index (χ0) is 15.0. The van der Waals surface area contributed by atoms with Crippen molar-refractivity contribution < 1.29 is 29.4 Å². The van der Waals surface area contributed by atoms with E-state index in [1.165, 1.54) is 0 Å². The van der Waals surface area contributed by atoms with Gasteiger partial charge in [0, 0.05) is 6.04 Å². The van der Waals surface area contributed by atoms with E-state index in [-0.39, 0.29) is 12.6 Å². The lowest BCUT2D eigenvalue weighted by atomic mass is 10.2. The normalized spacial score (nSPS) is 11.5. The Morgan fingerprint density at radius 3 is 2.05 bits per heavy atom. The van der Waals surface area contributed by atoms with E-state index in [4.69, 9.17) is 10.2 Å². The van der Waals surface area contributed by atoms with E-state index in [0.717, 1.165) is 0 Å². The van der Waals surface area contributed by atoms with E-state index in [0.29, 0.717) is 0 Å². The van der Waals surface area contributed by atoms with Gasteiger partial charge in [-0.15, -0.1) is 0 Å². The van der Waals surface area contributed by atoms with Crippen LogP contribution in [0.3, 0.4) is 0 Å². The van der Waals surface area contributed by atoms with Gasteiger partial charge in [0.2, 0.25) is 5.91 Å². The number of urea groups is 1. The monoisotopic (exact) mass is 275 g/mol. The molecule has 0 aliphatic carbocycles. The third-order valence-electron chi connectivity index (χ3n) is 1.84. The zero-order valence-electron chi connectivity index (χ0n) is 10.6. The van der Waals surface area contributed by atoms with E-state index < -0.39 is 36.3 Å². The molecular formula is C10H17N3O6. The summed E-state index contributed by atoms with van der Waals surface area (Å²) < 4.78 is 0. The highest BCUT2D eigenvalue weighted by Crippen LogP contribution is 1.92. The number of rotatable bonds is 7. The highest BCUT2D eigenvalue weighted by Gasteiger charge is 2.23. The molecule has 0 radical (unpaired) electrons. The minimum absolute atomic E-state index is 0.0869. The number of nitrogens with one attached hydrogen (secondary N) is 3. The number of amides is 3. The second-order valence-corrected chi connectivity index (χ2v) is 4.04. The van der Waals surface area contributed by atoms with Gasteiger partial charge in [-0.2, -0.15) is 0 Å². The molecule has 0 aromatic carbocycles. The Bertz CT molecular complexity index is 368. The molecule has 9 heteroatoms. The molecule has 108 valence electrons. The second-order valence-electron chi connectivity index (χ2n) is 4.04. The van der Waals surface area contributed by atoms with Gasteiger partial charge in [0.15, 0.2) is 0 Å². The Morgan fingerprint density at radius 1 is 1.05 bits per heavy atom. The van der Waals surface area contributed by atoms with Gasteiger partial charge in [0.1, 0.15) is 6.04 Å². The lowest BCUT2D eigenvalue weighted by molar-refractivity contribution is -0.145. The fraction of sp³-hybridized carbons (Fsp3) is 0.600. The van der Waals surface area contributed by atoms with Crippen molar-refractivity contribution in [2.24, 2.45) is 0 Å². The van der Waals surface area contributed by atoms with Crippen LogP contribution in [0.5, 0.6) is 0 Å². The number of hydrogen-bond acceptors (Lipinski definition) is 4. The summed E-state index contributed by atoms with van der Waals surface area (Å²) in [5.41, 5.74) is 0. The van der Waals surface area contributed by atoms with Crippen molar-refractivity contribution >= 4 is 23.9 Å². The maximum absolute atomic E-state index is 11.3. The molecular weight excluding hydrogens is 258 g/mol. The summed E-state index contributed by atoms with van der Waals surface area (Å²) >= 11 is 0. The summed E-state index contributed by atoms with van der Waals surface area (Å²) in [5, 5.41) is 23.7. The molecule has 0 aromatic heterocycles. The van der Waals surface area contributed by atoms with Crippen LogP contribution in [0.15, 0.2) is 0 Å². The molecule has 0 rings (SSSR count). The zero-order valence-corrected chi connectivity index (χ0v) is 10.6. The Balaban J connectivity index is 4.17. The summed E-state index contributed by atoms with van der Waals surface area (Å²) in [6.45, 7) is 3.15. The molecule has 0 heterocycles. The van der Waals surface area contributed by atoms with Crippen molar-refractivity contribution in [3.05, 3.63) is 0 Å². The Hall–Kier alpha value is -2.32. The quantitative estimate of drug-likeness (QED) is 0.392. The fourth-order valence-corrected chi connectivity index (χ4v) is 1.12. The Morgan fingerprint density at radius 2 is 1.63 bits per heavy atom. The number of carbonyl (C=O) groups excluding carboxylic acids is 2. The minimum Gasteiger partial charge on any atom is -0.481 e. The van der Waals surface area contributed by atoms with Crippen LogP contribution in [0.25, 0.3) is 0 Å². The number of carbonyl (C=O) groups is 4. The largest absolute Gasteiger partial charge is 0.481 e. The van der Waals surface area contributed by atoms with Crippen LogP contribution in [0, 0.1) is 0 Å². The van der Waals surface area contributed by atoms with Crippen LogP contribution in [-0.2, 0) is 14.4 Å². The summed E-state index contributed by atoms with van der Waals surface area (Å²) in [6.07, 6.45) is -0.749. The van der Waals surface area contributed by atoms with Crippen molar-refractivity contribution in [3.63, 3.8) is 0 Å². The van der Waals surface area contributed by atoms with Crippen LogP contribution < -0.4 is 16.0 Å². The van der Waals surface area contributed by atoms with Crippen molar-refractivity contribution in [2.75, 3.05) is 6.54 Å². The third-order valence-corrected chi connectivity index (χ3v) is 1.84. The predicted octanol–water partition coefficient (Wildman–Crippen LogP) is -1.26. The lowest BCUT2D eigenvalue weighted by Gasteiger charge is -2.13. The molecule has 1 atom stereocenters. The van der Waals surface area contributed by atoms with Gasteiger partial charge < -0.3 is 26.2 Å². The summed E-state index contributed by atoms with van der Waals surface area (Å²) in [5.74, 6) is -3.26. The third kappa shape index (κ3) is 8.41. The van der Waals surface area contributed by atoms with Crippen molar-refractivity contribution in [1.82, 2.24) is 16.0 Å². The number of carboxylic acid groups (broad SMARTS) is 2. The fourth-order valence-electron chi connectivity index (χ4n) is 1.12. The van der Waals surface area contributed by atoms with E-state index in [2.05, 4.69) is 10.6 Å². The Labute approximate surface area is 109 Å². The van der Waals surface area contributed by atoms with Gasteiger partial charge in [-0.1, -0.05) is 0 Å². The molecule has 0 aliphatic heterocycles. The number of aliphatic carboxylic acids is 2. The van der Waals surface area contributed by atoms with Gasteiger partial charge in [-0.05, 0) is 13.8 Å². The Kier molecular flexibility index (Phi) is 6.94. The van der Waals surface area contributed by atoms with E-state index in [1.54, 1.807) is 13.8 Å². The van der Waals surface area contributed by atoms with Crippen molar-refractivity contribution in [2.45, 2.75) is 32.4 Å². The first kappa shape index (κ1) is 16.7. The summed E-state index contributed by atoms with van der Waals surface area (Å²) in [4.78, 5) is 43.5. The molecule has 1 unspecified atom stereocenters. The van der Waals surface area contributed by atoms with E-state index >= 15 is 0 Å². The number of carboxylic acids is 2. The second kappa shape index (κ2) is 7.90. The van der Waals surface area contributed by atoms with Crippen LogP contribution in [0.1, 0.15) is 20.3 Å². The molecule has 0 aromatic rings. The van der Waals surface area contributed by atoms with Gasteiger partial charge in [-0.3, -0.25) is 9.59 Å². The standard InChI is InChI=1S/C10H17N3O6/c1-5(2)12-7(14)4-11-10(19)13-6(9(17)18)3-8(15)16/h5-6H,3-4H2,1-2H3,(H,12,14)(H,15,16)(H,17,18)(H2,11,13,19). The SMILES string of the molecule is CC(C)NC(=O)CNC(=O)NC(CC(=O)O)C(=O)O. The minimum atomic E-state index is -1.55. The average Bonchev–Trinajstić information content (AvgIpc) is 2.23. The van der Waals surface area contributed by atoms with E-state index in [1.807, 2.05) is 5.32 Å².